The number of aromatic nitrogens is 1. The molecule has 0 bridgehead atoms. The molecule has 1 fully saturated rings. The summed E-state index contributed by atoms with van der Waals surface area (Å²) in [5, 5.41) is 14.1. The number of aromatic amines is 1. The molecule has 1 aromatic carbocycles. The molecule has 1 aliphatic rings. The van der Waals surface area contributed by atoms with Crippen molar-refractivity contribution in [1.29, 1.82) is 0 Å². The summed E-state index contributed by atoms with van der Waals surface area (Å²) >= 11 is 6.02. The first-order chi connectivity index (χ1) is 10.0. The van der Waals surface area contributed by atoms with E-state index in [1.165, 1.54) is 0 Å². The molecule has 1 saturated carbocycles. The summed E-state index contributed by atoms with van der Waals surface area (Å²) < 4.78 is 0. The molecule has 3 N–H and O–H groups in total. The summed E-state index contributed by atoms with van der Waals surface area (Å²) in [7, 11) is 0. The van der Waals surface area contributed by atoms with Crippen LogP contribution < -0.4 is 5.32 Å². The van der Waals surface area contributed by atoms with Crippen LogP contribution in [-0.2, 0) is 11.2 Å². The SMILES string of the molecule is CC(CO)(NC(=O)Cc1c[nH]c2ccc(Cl)cc12)C1CC1. The first kappa shape index (κ1) is 14.4. The van der Waals surface area contributed by atoms with Gasteiger partial charge in [-0.1, -0.05) is 11.6 Å². The largest absolute Gasteiger partial charge is 0.394 e. The molecular weight excluding hydrogens is 288 g/mol. The third-order valence-electron chi connectivity index (χ3n) is 4.31. The molecule has 1 atom stereocenters. The molecule has 0 radical (unpaired) electrons. The van der Waals surface area contributed by atoms with Gasteiger partial charge in [0, 0.05) is 22.1 Å². The molecule has 1 heterocycles. The standard InChI is InChI=1S/C16H19ClN2O2/c1-16(9-20,11-2-3-11)19-15(21)6-10-8-18-14-5-4-12(17)7-13(10)14/h4-5,7-8,11,18,20H,2-3,6,9H2,1H3,(H,19,21). The molecule has 4 nitrogen and oxygen atoms in total. The van der Waals surface area contributed by atoms with Crippen LogP contribution in [0, 0.1) is 5.92 Å². The van der Waals surface area contributed by atoms with Crippen molar-refractivity contribution in [2.24, 2.45) is 5.92 Å². The number of carbonyl (C=O) groups is 1. The van der Waals surface area contributed by atoms with E-state index in [2.05, 4.69) is 10.3 Å². The Bertz CT molecular complexity index is 678. The normalized spacial score (nSPS) is 17.7. The minimum Gasteiger partial charge on any atom is -0.394 e. The second kappa shape index (κ2) is 5.35. The maximum absolute atomic E-state index is 12.3. The fourth-order valence-electron chi connectivity index (χ4n) is 2.82. The van der Waals surface area contributed by atoms with Crippen molar-refractivity contribution >= 4 is 28.4 Å². The van der Waals surface area contributed by atoms with Gasteiger partial charge in [-0.05, 0) is 49.4 Å². The highest BCUT2D eigenvalue weighted by molar-refractivity contribution is 6.31. The molecule has 2 aromatic rings. The number of aliphatic hydroxyl groups is 1. The minimum absolute atomic E-state index is 0.0247. The zero-order valence-electron chi connectivity index (χ0n) is 11.9. The average molecular weight is 307 g/mol. The number of hydrogen-bond donors (Lipinski definition) is 3. The van der Waals surface area contributed by atoms with Crippen LogP contribution in [0.3, 0.4) is 0 Å². The summed E-state index contributed by atoms with van der Waals surface area (Å²) in [6, 6.07) is 5.59. The van der Waals surface area contributed by atoms with Crippen LogP contribution in [0.25, 0.3) is 10.9 Å². The van der Waals surface area contributed by atoms with Gasteiger partial charge in [0.1, 0.15) is 0 Å². The van der Waals surface area contributed by atoms with Crippen LogP contribution >= 0.6 is 11.6 Å². The van der Waals surface area contributed by atoms with Crippen molar-refractivity contribution in [3.8, 4) is 0 Å². The van der Waals surface area contributed by atoms with Crippen LogP contribution in [0.4, 0.5) is 0 Å². The lowest BCUT2D eigenvalue weighted by molar-refractivity contribution is -0.123. The van der Waals surface area contributed by atoms with Crippen molar-refractivity contribution in [1.82, 2.24) is 10.3 Å². The Hall–Kier alpha value is -1.52. The Balaban J connectivity index is 1.75. The highest BCUT2D eigenvalue weighted by Crippen LogP contribution is 2.39. The zero-order valence-corrected chi connectivity index (χ0v) is 12.7. The van der Waals surface area contributed by atoms with Crippen molar-refractivity contribution in [3.05, 3.63) is 35.0 Å². The zero-order chi connectivity index (χ0) is 15.0. The topological polar surface area (TPSA) is 65.1 Å². The van der Waals surface area contributed by atoms with E-state index in [-0.39, 0.29) is 18.9 Å². The number of fused-ring (bicyclic) bond motifs is 1. The number of benzene rings is 1. The third-order valence-corrected chi connectivity index (χ3v) is 4.55. The maximum Gasteiger partial charge on any atom is 0.225 e. The van der Waals surface area contributed by atoms with Gasteiger partial charge in [-0.3, -0.25) is 4.79 Å². The first-order valence-corrected chi connectivity index (χ1v) is 7.57. The average Bonchev–Trinajstić information content (AvgIpc) is 3.24. The summed E-state index contributed by atoms with van der Waals surface area (Å²) in [4.78, 5) is 15.4. The van der Waals surface area contributed by atoms with Gasteiger partial charge in [0.15, 0.2) is 0 Å². The molecule has 1 aliphatic carbocycles. The molecule has 1 aromatic heterocycles. The minimum atomic E-state index is -0.499. The number of aliphatic hydroxyl groups excluding tert-OH is 1. The molecule has 1 unspecified atom stereocenters. The van der Waals surface area contributed by atoms with Gasteiger partial charge in [-0.15, -0.1) is 0 Å². The Morgan fingerprint density at radius 2 is 2.29 bits per heavy atom. The lowest BCUT2D eigenvalue weighted by Crippen LogP contribution is -2.51. The first-order valence-electron chi connectivity index (χ1n) is 7.19. The molecule has 0 aliphatic heterocycles. The molecule has 112 valence electrons. The smallest absolute Gasteiger partial charge is 0.225 e. The number of hydrogen-bond acceptors (Lipinski definition) is 2. The summed E-state index contributed by atoms with van der Waals surface area (Å²) in [5.41, 5.74) is 1.39. The predicted octanol–water partition coefficient (Wildman–Crippen LogP) is 2.64. The second-order valence-electron chi connectivity index (χ2n) is 6.08. The van der Waals surface area contributed by atoms with E-state index in [4.69, 9.17) is 11.6 Å². The predicted molar refractivity (Wildman–Crippen MR) is 83.4 cm³/mol. The quantitative estimate of drug-likeness (QED) is 0.795. The number of nitrogens with one attached hydrogen (secondary N) is 2. The molecule has 3 rings (SSSR count). The highest BCUT2D eigenvalue weighted by Gasteiger charge is 2.42. The summed E-state index contributed by atoms with van der Waals surface area (Å²) in [6.07, 6.45) is 4.26. The lowest BCUT2D eigenvalue weighted by Gasteiger charge is -2.28. The van der Waals surface area contributed by atoms with E-state index in [9.17, 15) is 9.90 Å². The molecule has 5 heteroatoms. The lowest BCUT2D eigenvalue weighted by atomic mass is 9.96. The summed E-state index contributed by atoms with van der Waals surface area (Å²) in [5.74, 6) is 0.322. The van der Waals surface area contributed by atoms with E-state index in [0.29, 0.717) is 10.9 Å². The molecule has 0 spiro atoms. The number of H-pyrrole nitrogens is 1. The Morgan fingerprint density at radius 3 is 2.95 bits per heavy atom. The van der Waals surface area contributed by atoms with Gasteiger partial charge in [0.2, 0.25) is 5.91 Å². The number of carbonyl (C=O) groups excluding carboxylic acids is 1. The fourth-order valence-corrected chi connectivity index (χ4v) is 3.00. The van der Waals surface area contributed by atoms with Crippen molar-refractivity contribution in [2.75, 3.05) is 6.61 Å². The Labute approximate surface area is 128 Å². The summed E-state index contributed by atoms with van der Waals surface area (Å²) in [6.45, 7) is 1.89. The van der Waals surface area contributed by atoms with Crippen LogP contribution in [0.1, 0.15) is 25.3 Å². The van der Waals surface area contributed by atoms with E-state index < -0.39 is 5.54 Å². The van der Waals surface area contributed by atoms with Crippen LogP contribution in [-0.4, -0.2) is 28.1 Å². The van der Waals surface area contributed by atoms with Gasteiger partial charge >= 0.3 is 0 Å². The van der Waals surface area contributed by atoms with Crippen LogP contribution in [0.15, 0.2) is 24.4 Å². The Kier molecular flexibility index (Phi) is 3.68. The molecule has 1 amide bonds. The fraction of sp³-hybridized carbons (Fsp3) is 0.438. The maximum atomic E-state index is 12.3. The van der Waals surface area contributed by atoms with E-state index >= 15 is 0 Å². The van der Waals surface area contributed by atoms with E-state index in [1.807, 2.05) is 31.3 Å². The molecular formula is C16H19ClN2O2. The number of amides is 1. The molecule has 0 saturated heterocycles. The van der Waals surface area contributed by atoms with Crippen LogP contribution in [0.5, 0.6) is 0 Å². The van der Waals surface area contributed by atoms with Crippen molar-refractivity contribution in [2.45, 2.75) is 31.7 Å². The number of halogens is 1. The van der Waals surface area contributed by atoms with Gasteiger partial charge in [0.05, 0.1) is 18.6 Å². The van der Waals surface area contributed by atoms with Gasteiger partial charge in [-0.2, -0.15) is 0 Å². The second-order valence-corrected chi connectivity index (χ2v) is 6.52. The van der Waals surface area contributed by atoms with Gasteiger partial charge in [0.25, 0.3) is 0 Å². The third kappa shape index (κ3) is 2.92. The van der Waals surface area contributed by atoms with E-state index in [0.717, 1.165) is 29.3 Å². The van der Waals surface area contributed by atoms with Crippen molar-refractivity contribution < 1.29 is 9.90 Å². The van der Waals surface area contributed by atoms with E-state index in [1.54, 1.807) is 0 Å². The van der Waals surface area contributed by atoms with Gasteiger partial charge in [-0.25, -0.2) is 0 Å². The van der Waals surface area contributed by atoms with Crippen molar-refractivity contribution in [3.63, 3.8) is 0 Å². The highest BCUT2D eigenvalue weighted by atomic mass is 35.5. The molecule has 21 heavy (non-hydrogen) atoms. The monoisotopic (exact) mass is 306 g/mol. The van der Waals surface area contributed by atoms with Gasteiger partial charge < -0.3 is 15.4 Å². The Morgan fingerprint density at radius 1 is 1.52 bits per heavy atom. The number of rotatable bonds is 5. The van der Waals surface area contributed by atoms with Crippen LogP contribution in [0.2, 0.25) is 5.02 Å².